The van der Waals surface area contributed by atoms with Crippen molar-refractivity contribution in [2.75, 3.05) is 0 Å². The SMILES string of the molecule is CC(C)(C)c1ccccc1Oc1cncc(C(=O)O)c1. The fraction of sp³-hybridized carbons (Fsp3) is 0.250. The highest BCUT2D eigenvalue weighted by molar-refractivity contribution is 5.87. The van der Waals surface area contributed by atoms with Gasteiger partial charge in [-0.25, -0.2) is 4.79 Å². The van der Waals surface area contributed by atoms with Crippen molar-refractivity contribution in [3.8, 4) is 11.5 Å². The van der Waals surface area contributed by atoms with Crippen molar-refractivity contribution in [1.29, 1.82) is 0 Å². The van der Waals surface area contributed by atoms with Crippen LogP contribution in [-0.4, -0.2) is 16.1 Å². The van der Waals surface area contributed by atoms with E-state index in [0.29, 0.717) is 11.5 Å². The van der Waals surface area contributed by atoms with Crippen molar-refractivity contribution >= 4 is 5.97 Å². The summed E-state index contributed by atoms with van der Waals surface area (Å²) in [5.41, 5.74) is 1.10. The zero-order chi connectivity index (χ0) is 14.8. The van der Waals surface area contributed by atoms with Gasteiger partial charge in [0.15, 0.2) is 0 Å². The van der Waals surface area contributed by atoms with Gasteiger partial charge in [-0.05, 0) is 17.5 Å². The Hall–Kier alpha value is -2.36. The molecule has 0 amide bonds. The van der Waals surface area contributed by atoms with Crippen LogP contribution in [-0.2, 0) is 5.41 Å². The standard InChI is InChI=1S/C16H17NO3/c1-16(2,3)13-6-4-5-7-14(13)20-12-8-11(15(18)19)9-17-10-12/h4-10H,1-3H3,(H,18,19). The summed E-state index contributed by atoms with van der Waals surface area (Å²) in [7, 11) is 0. The van der Waals surface area contributed by atoms with Gasteiger partial charge in [-0.15, -0.1) is 0 Å². The maximum atomic E-state index is 10.9. The Morgan fingerprint density at radius 3 is 2.55 bits per heavy atom. The Balaban J connectivity index is 2.36. The Morgan fingerprint density at radius 2 is 1.90 bits per heavy atom. The summed E-state index contributed by atoms with van der Waals surface area (Å²) < 4.78 is 5.80. The highest BCUT2D eigenvalue weighted by atomic mass is 16.5. The van der Waals surface area contributed by atoms with Gasteiger partial charge in [0.2, 0.25) is 0 Å². The number of aromatic nitrogens is 1. The lowest BCUT2D eigenvalue weighted by molar-refractivity contribution is 0.0696. The van der Waals surface area contributed by atoms with Crippen molar-refractivity contribution in [2.45, 2.75) is 26.2 Å². The van der Waals surface area contributed by atoms with Crippen molar-refractivity contribution in [1.82, 2.24) is 4.98 Å². The van der Waals surface area contributed by atoms with Crippen molar-refractivity contribution in [3.05, 3.63) is 53.9 Å². The van der Waals surface area contributed by atoms with Crippen molar-refractivity contribution < 1.29 is 14.6 Å². The van der Waals surface area contributed by atoms with Gasteiger partial charge in [0, 0.05) is 11.8 Å². The molecule has 0 unspecified atom stereocenters. The number of hydrogen-bond acceptors (Lipinski definition) is 3. The van der Waals surface area contributed by atoms with Crippen LogP contribution >= 0.6 is 0 Å². The van der Waals surface area contributed by atoms with E-state index in [2.05, 4.69) is 25.8 Å². The Bertz CT molecular complexity index is 630. The minimum Gasteiger partial charge on any atom is -0.478 e. The van der Waals surface area contributed by atoms with E-state index in [0.717, 1.165) is 5.56 Å². The molecule has 2 rings (SSSR count). The topological polar surface area (TPSA) is 59.4 Å². The third-order valence-corrected chi connectivity index (χ3v) is 2.88. The molecule has 4 heteroatoms. The molecular weight excluding hydrogens is 254 g/mol. The maximum Gasteiger partial charge on any atom is 0.337 e. The van der Waals surface area contributed by atoms with E-state index in [4.69, 9.17) is 9.84 Å². The van der Waals surface area contributed by atoms with Gasteiger partial charge in [-0.2, -0.15) is 0 Å². The summed E-state index contributed by atoms with van der Waals surface area (Å²) in [4.78, 5) is 14.8. The molecule has 1 N–H and O–H groups in total. The molecule has 2 aromatic rings. The molecule has 20 heavy (non-hydrogen) atoms. The first-order chi connectivity index (χ1) is 9.38. The van der Waals surface area contributed by atoms with E-state index in [1.54, 1.807) is 0 Å². The number of carboxylic acids is 1. The van der Waals surface area contributed by atoms with Crippen LogP contribution in [0.25, 0.3) is 0 Å². The molecule has 0 radical (unpaired) electrons. The predicted octanol–water partition coefficient (Wildman–Crippen LogP) is 3.87. The van der Waals surface area contributed by atoms with Crippen LogP contribution in [0.15, 0.2) is 42.7 Å². The van der Waals surface area contributed by atoms with Crippen LogP contribution in [0, 0.1) is 0 Å². The van der Waals surface area contributed by atoms with E-state index in [9.17, 15) is 4.79 Å². The van der Waals surface area contributed by atoms with Gasteiger partial charge in [-0.1, -0.05) is 39.0 Å². The molecular formula is C16H17NO3. The van der Waals surface area contributed by atoms with Crippen LogP contribution in [0.4, 0.5) is 0 Å². The van der Waals surface area contributed by atoms with Crippen LogP contribution in [0.3, 0.4) is 0 Å². The van der Waals surface area contributed by atoms with Gasteiger partial charge in [0.1, 0.15) is 11.5 Å². The molecule has 0 atom stereocenters. The molecule has 104 valence electrons. The first kappa shape index (κ1) is 14.1. The molecule has 1 aromatic heterocycles. The highest BCUT2D eigenvalue weighted by Gasteiger charge is 2.19. The minimum absolute atomic E-state index is 0.0611. The molecule has 0 aliphatic rings. The fourth-order valence-electron chi connectivity index (χ4n) is 1.89. The normalized spacial score (nSPS) is 11.2. The van der Waals surface area contributed by atoms with Gasteiger partial charge in [0.05, 0.1) is 11.8 Å². The van der Waals surface area contributed by atoms with Crippen molar-refractivity contribution in [2.24, 2.45) is 0 Å². The lowest BCUT2D eigenvalue weighted by Gasteiger charge is -2.22. The smallest absolute Gasteiger partial charge is 0.337 e. The number of ether oxygens (including phenoxy) is 1. The Kier molecular flexibility index (Phi) is 3.74. The second-order valence-corrected chi connectivity index (χ2v) is 5.56. The number of pyridine rings is 1. The monoisotopic (exact) mass is 271 g/mol. The van der Waals surface area contributed by atoms with Gasteiger partial charge in [-0.3, -0.25) is 4.98 Å². The Labute approximate surface area is 118 Å². The molecule has 0 saturated heterocycles. The molecule has 1 aromatic carbocycles. The highest BCUT2D eigenvalue weighted by Crippen LogP contribution is 2.33. The van der Waals surface area contributed by atoms with E-state index < -0.39 is 5.97 Å². The molecule has 1 heterocycles. The number of rotatable bonds is 3. The lowest BCUT2D eigenvalue weighted by atomic mass is 9.86. The average molecular weight is 271 g/mol. The van der Waals surface area contributed by atoms with E-state index >= 15 is 0 Å². The zero-order valence-electron chi connectivity index (χ0n) is 11.8. The number of aromatic carboxylic acids is 1. The lowest BCUT2D eigenvalue weighted by Crippen LogP contribution is -2.12. The summed E-state index contributed by atoms with van der Waals surface area (Å²) in [6, 6.07) is 9.19. The molecule has 4 nitrogen and oxygen atoms in total. The summed E-state index contributed by atoms with van der Waals surface area (Å²) >= 11 is 0. The molecule has 0 aliphatic heterocycles. The number of para-hydroxylation sites is 1. The number of carbonyl (C=O) groups is 1. The second kappa shape index (κ2) is 5.33. The summed E-state index contributed by atoms with van der Waals surface area (Å²) in [6.45, 7) is 6.29. The predicted molar refractivity (Wildman–Crippen MR) is 76.4 cm³/mol. The first-order valence-corrected chi connectivity index (χ1v) is 6.33. The van der Waals surface area contributed by atoms with Crippen LogP contribution in [0.5, 0.6) is 11.5 Å². The largest absolute Gasteiger partial charge is 0.478 e. The van der Waals surface area contributed by atoms with E-state index in [1.165, 1.54) is 18.5 Å². The molecule has 0 bridgehead atoms. The van der Waals surface area contributed by atoms with Gasteiger partial charge in [0.25, 0.3) is 0 Å². The summed E-state index contributed by atoms with van der Waals surface area (Å²) in [5, 5.41) is 8.96. The van der Waals surface area contributed by atoms with Gasteiger partial charge >= 0.3 is 5.97 Å². The number of benzene rings is 1. The van der Waals surface area contributed by atoms with Gasteiger partial charge < -0.3 is 9.84 Å². The van der Waals surface area contributed by atoms with Crippen LogP contribution < -0.4 is 4.74 Å². The van der Waals surface area contributed by atoms with Crippen LogP contribution in [0.1, 0.15) is 36.7 Å². The summed E-state index contributed by atoms with van der Waals surface area (Å²) in [6.07, 6.45) is 2.80. The number of nitrogens with zero attached hydrogens (tertiary/aromatic N) is 1. The van der Waals surface area contributed by atoms with E-state index in [1.807, 2.05) is 24.3 Å². The molecule has 0 aliphatic carbocycles. The van der Waals surface area contributed by atoms with Crippen molar-refractivity contribution in [3.63, 3.8) is 0 Å². The second-order valence-electron chi connectivity index (χ2n) is 5.56. The third-order valence-electron chi connectivity index (χ3n) is 2.88. The zero-order valence-corrected chi connectivity index (χ0v) is 11.8. The first-order valence-electron chi connectivity index (χ1n) is 6.33. The quantitative estimate of drug-likeness (QED) is 0.920. The molecule has 0 saturated carbocycles. The Morgan fingerprint density at radius 1 is 1.20 bits per heavy atom. The molecule has 0 fully saturated rings. The maximum absolute atomic E-state index is 10.9. The average Bonchev–Trinajstić information content (AvgIpc) is 2.38. The fourth-order valence-corrected chi connectivity index (χ4v) is 1.89. The van der Waals surface area contributed by atoms with E-state index in [-0.39, 0.29) is 11.0 Å². The third kappa shape index (κ3) is 3.15. The molecule has 0 spiro atoms. The van der Waals surface area contributed by atoms with Crippen LogP contribution in [0.2, 0.25) is 0 Å². The number of hydrogen-bond donors (Lipinski definition) is 1. The number of carboxylic acid groups (broad SMARTS) is 1. The summed E-state index contributed by atoms with van der Waals surface area (Å²) in [5.74, 6) is 0.109. The minimum atomic E-state index is -1.02.